The van der Waals surface area contributed by atoms with Crippen LogP contribution >= 0.6 is 0 Å². The Morgan fingerprint density at radius 3 is 2.47 bits per heavy atom. The van der Waals surface area contributed by atoms with Crippen LogP contribution in [0.1, 0.15) is 31.4 Å². The minimum Gasteiger partial charge on any atom is -0.349 e. The fraction of sp³-hybridized carbons (Fsp3) is 0.292. The quantitative estimate of drug-likeness (QED) is 0.617. The van der Waals surface area contributed by atoms with Crippen LogP contribution in [0.4, 0.5) is 8.78 Å². The summed E-state index contributed by atoms with van der Waals surface area (Å²) in [5.41, 5.74) is 1.01. The molecule has 1 atom stereocenters. The second-order valence-electron chi connectivity index (χ2n) is 8.05. The van der Waals surface area contributed by atoms with Gasteiger partial charge in [-0.3, -0.25) is 4.79 Å². The standard InChI is InChI=1S/C24H24F2N2O3S/c1-16(20-8-4-6-17-5-2-3-7-21(17)20)27-24(29)18-11-13-28(14-12-18)32(30,31)23-15-19(25)9-10-22(23)26/h2-10,15-16,18H,11-14H2,1H3,(H,27,29)/t16-/m0/s1. The minimum absolute atomic E-state index is 0.0685. The number of nitrogens with one attached hydrogen (secondary N) is 1. The zero-order chi connectivity index (χ0) is 22.9. The number of nitrogens with zero attached hydrogens (tertiary/aromatic N) is 1. The maximum absolute atomic E-state index is 14.0. The van der Waals surface area contributed by atoms with E-state index in [9.17, 15) is 22.0 Å². The van der Waals surface area contributed by atoms with Crippen molar-refractivity contribution < 1.29 is 22.0 Å². The fourth-order valence-corrected chi connectivity index (χ4v) is 5.76. The van der Waals surface area contributed by atoms with Crippen LogP contribution < -0.4 is 5.32 Å². The van der Waals surface area contributed by atoms with Gasteiger partial charge in [0.2, 0.25) is 15.9 Å². The van der Waals surface area contributed by atoms with Crippen molar-refractivity contribution in [2.24, 2.45) is 5.92 Å². The molecule has 0 saturated carbocycles. The molecule has 3 aromatic rings. The molecule has 1 amide bonds. The van der Waals surface area contributed by atoms with Crippen LogP contribution in [0, 0.1) is 17.6 Å². The molecule has 4 rings (SSSR count). The van der Waals surface area contributed by atoms with Gasteiger partial charge >= 0.3 is 0 Å². The van der Waals surface area contributed by atoms with Crippen molar-refractivity contribution in [3.8, 4) is 0 Å². The van der Waals surface area contributed by atoms with Crippen molar-refractivity contribution in [2.45, 2.75) is 30.7 Å². The zero-order valence-corrected chi connectivity index (χ0v) is 18.4. The number of hydrogen-bond acceptors (Lipinski definition) is 3. The Bertz CT molecular complexity index is 1250. The summed E-state index contributed by atoms with van der Waals surface area (Å²) >= 11 is 0. The average molecular weight is 459 g/mol. The first-order valence-corrected chi connectivity index (χ1v) is 11.9. The third-order valence-electron chi connectivity index (χ3n) is 5.98. The number of benzene rings is 3. The molecule has 0 spiro atoms. The summed E-state index contributed by atoms with van der Waals surface area (Å²) in [6.45, 7) is 2.06. The van der Waals surface area contributed by atoms with Crippen LogP contribution in [0.15, 0.2) is 65.6 Å². The Morgan fingerprint density at radius 1 is 1.03 bits per heavy atom. The number of piperidine rings is 1. The summed E-state index contributed by atoms with van der Waals surface area (Å²) in [7, 11) is -4.17. The van der Waals surface area contributed by atoms with Gasteiger partial charge in [0.1, 0.15) is 16.5 Å². The van der Waals surface area contributed by atoms with E-state index in [4.69, 9.17) is 0 Å². The SMILES string of the molecule is C[C@H](NC(=O)C1CCN(S(=O)(=O)c2cc(F)ccc2F)CC1)c1cccc2ccccc12. The summed E-state index contributed by atoms with van der Waals surface area (Å²) in [5.74, 6) is -2.30. The highest BCUT2D eigenvalue weighted by Gasteiger charge is 2.34. The molecule has 1 aliphatic rings. The van der Waals surface area contributed by atoms with E-state index >= 15 is 0 Å². The van der Waals surface area contributed by atoms with Crippen molar-refractivity contribution in [2.75, 3.05) is 13.1 Å². The number of carbonyl (C=O) groups is 1. The molecule has 168 valence electrons. The van der Waals surface area contributed by atoms with E-state index in [0.29, 0.717) is 18.9 Å². The Balaban J connectivity index is 1.42. The van der Waals surface area contributed by atoms with Crippen LogP contribution in [0.3, 0.4) is 0 Å². The molecule has 0 aliphatic carbocycles. The van der Waals surface area contributed by atoms with Gasteiger partial charge in [-0.15, -0.1) is 0 Å². The molecule has 0 unspecified atom stereocenters. The molecule has 0 aromatic heterocycles. The lowest BCUT2D eigenvalue weighted by Gasteiger charge is -2.31. The van der Waals surface area contributed by atoms with E-state index in [0.717, 1.165) is 32.8 Å². The van der Waals surface area contributed by atoms with Gasteiger partial charge < -0.3 is 5.32 Å². The Morgan fingerprint density at radius 2 is 1.72 bits per heavy atom. The average Bonchev–Trinajstić information content (AvgIpc) is 2.80. The smallest absolute Gasteiger partial charge is 0.246 e. The van der Waals surface area contributed by atoms with Crippen molar-refractivity contribution in [1.29, 1.82) is 0 Å². The normalized spacial score (nSPS) is 16.7. The molecule has 0 radical (unpaired) electrons. The molecule has 32 heavy (non-hydrogen) atoms. The van der Waals surface area contributed by atoms with Gasteiger partial charge in [0, 0.05) is 19.0 Å². The van der Waals surface area contributed by atoms with Crippen molar-refractivity contribution >= 4 is 26.7 Å². The van der Waals surface area contributed by atoms with Crippen molar-refractivity contribution in [3.05, 3.63) is 77.9 Å². The van der Waals surface area contributed by atoms with Gasteiger partial charge in [-0.2, -0.15) is 4.31 Å². The largest absolute Gasteiger partial charge is 0.349 e. The maximum atomic E-state index is 14.0. The number of carbonyl (C=O) groups excluding carboxylic acids is 1. The van der Waals surface area contributed by atoms with Gasteiger partial charge in [0.15, 0.2) is 0 Å². The van der Waals surface area contributed by atoms with Crippen molar-refractivity contribution in [3.63, 3.8) is 0 Å². The van der Waals surface area contributed by atoms with Crippen LogP contribution in [0.2, 0.25) is 0 Å². The Labute approximate surface area is 186 Å². The maximum Gasteiger partial charge on any atom is 0.246 e. The van der Waals surface area contributed by atoms with Crippen LogP contribution in [-0.2, 0) is 14.8 Å². The first-order chi connectivity index (χ1) is 15.3. The van der Waals surface area contributed by atoms with E-state index in [1.807, 2.05) is 49.4 Å². The third-order valence-corrected chi connectivity index (χ3v) is 7.90. The highest BCUT2D eigenvalue weighted by atomic mass is 32.2. The molecule has 1 fully saturated rings. The third kappa shape index (κ3) is 4.38. The summed E-state index contributed by atoms with van der Waals surface area (Å²) in [5, 5.41) is 5.21. The molecular weight excluding hydrogens is 434 g/mol. The molecule has 8 heteroatoms. The Kier molecular flexibility index (Phi) is 6.26. The minimum atomic E-state index is -4.17. The van der Waals surface area contributed by atoms with Crippen LogP contribution in [-0.4, -0.2) is 31.7 Å². The van der Waals surface area contributed by atoms with Crippen molar-refractivity contribution in [1.82, 2.24) is 9.62 Å². The monoisotopic (exact) mass is 458 g/mol. The van der Waals surface area contributed by atoms with Gasteiger partial charge in [-0.25, -0.2) is 17.2 Å². The number of fused-ring (bicyclic) bond motifs is 1. The number of amides is 1. The summed E-state index contributed by atoms with van der Waals surface area (Å²) < 4.78 is 54.1. The second-order valence-corrected chi connectivity index (χ2v) is 9.96. The molecular formula is C24H24F2N2O3S. The first kappa shape index (κ1) is 22.4. The van der Waals surface area contributed by atoms with Gasteiger partial charge in [0.25, 0.3) is 0 Å². The lowest BCUT2D eigenvalue weighted by molar-refractivity contribution is -0.126. The second kappa shape index (κ2) is 8.96. The number of sulfonamides is 1. The summed E-state index contributed by atoms with van der Waals surface area (Å²) in [4.78, 5) is 12.2. The highest BCUT2D eigenvalue weighted by Crippen LogP contribution is 2.28. The van der Waals surface area contributed by atoms with E-state index in [-0.39, 0.29) is 31.0 Å². The van der Waals surface area contributed by atoms with Gasteiger partial charge in [-0.1, -0.05) is 42.5 Å². The fourth-order valence-electron chi connectivity index (χ4n) is 4.21. The first-order valence-electron chi connectivity index (χ1n) is 10.5. The lowest BCUT2D eigenvalue weighted by atomic mass is 9.95. The number of halogens is 2. The van der Waals surface area contributed by atoms with E-state index in [2.05, 4.69) is 5.32 Å². The highest BCUT2D eigenvalue weighted by molar-refractivity contribution is 7.89. The predicted molar refractivity (Wildman–Crippen MR) is 118 cm³/mol. The van der Waals surface area contributed by atoms with Crippen LogP contribution in [0.25, 0.3) is 10.8 Å². The summed E-state index contributed by atoms with van der Waals surface area (Å²) in [6, 6.07) is 16.1. The lowest BCUT2D eigenvalue weighted by Crippen LogP contribution is -2.43. The molecule has 1 aliphatic heterocycles. The molecule has 0 bridgehead atoms. The Hall–Kier alpha value is -2.84. The molecule has 1 heterocycles. The predicted octanol–water partition coefficient (Wildman–Crippen LogP) is 4.40. The zero-order valence-electron chi connectivity index (χ0n) is 17.6. The molecule has 1 saturated heterocycles. The van der Waals surface area contributed by atoms with Gasteiger partial charge in [0.05, 0.1) is 6.04 Å². The molecule has 3 aromatic carbocycles. The topological polar surface area (TPSA) is 66.5 Å². The van der Waals surface area contributed by atoms with Crippen LogP contribution in [0.5, 0.6) is 0 Å². The van der Waals surface area contributed by atoms with E-state index < -0.39 is 26.6 Å². The van der Waals surface area contributed by atoms with E-state index in [1.54, 1.807) is 0 Å². The number of hydrogen-bond donors (Lipinski definition) is 1. The molecule has 1 N–H and O–H groups in total. The van der Waals surface area contributed by atoms with Gasteiger partial charge in [-0.05, 0) is 54.3 Å². The summed E-state index contributed by atoms with van der Waals surface area (Å²) in [6.07, 6.45) is 0.620. The number of rotatable bonds is 5. The van der Waals surface area contributed by atoms with E-state index in [1.165, 1.54) is 0 Å². The molecule has 5 nitrogen and oxygen atoms in total.